The van der Waals surface area contributed by atoms with Gasteiger partial charge in [0.15, 0.2) is 0 Å². The summed E-state index contributed by atoms with van der Waals surface area (Å²) in [6, 6.07) is 6.15. The van der Waals surface area contributed by atoms with Gasteiger partial charge in [-0.05, 0) is 37.4 Å². The molecule has 0 aromatic carbocycles. The number of rotatable bonds is 8. The summed E-state index contributed by atoms with van der Waals surface area (Å²) < 4.78 is 0. The van der Waals surface area contributed by atoms with Gasteiger partial charge in [0.2, 0.25) is 0 Å². The van der Waals surface area contributed by atoms with Crippen LogP contribution in [0, 0.1) is 5.92 Å². The summed E-state index contributed by atoms with van der Waals surface area (Å²) in [5.74, 6) is 1.94. The number of nitrogens with zero attached hydrogens (tertiary/aromatic N) is 3. The number of nitrogens with one attached hydrogen (secondary N) is 1. The van der Waals surface area contributed by atoms with Crippen LogP contribution >= 0.6 is 0 Å². The minimum Gasteiger partial charge on any atom is -0.354 e. The van der Waals surface area contributed by atoms with Crippen LogP contribution in [0.2, 0.25) is 0 Å². The van der Waals surface area contributed by atoms with Crippen LogP contribution in [0.25, 0.3) is 0 Å². The number of aromatic nitrogens is 1. The van der Waals surface area contributed by atoms with E-state index < -0.39 is 0 Å². The van der Waals surface area contributed by atoms with E-state index in [1.54, 1.807) is 0 Å². The summed E-state index contributed by atoms with van der Waals surface area (Å²) in [5.41, 5.74) is 0. The van der Waals surface area contributed by atoms with Crippen LogP contribution in [-0.4, -0.2) is 55.7 Å². The third-order valence-electron chi connectivity index (χ3n) is 4.09. The van der Waals surface area contributed by atoms with Gasteiger partial charge < -0.3 is 10.2 Å². The Bertz CT molecular complexity index is 372. The molecule has 0 radical (unpaired) electrons. The van der Waals surface area contributed by atoms with Gasteiger partial charge in [-0.2, -0.15) is 0 Å². The fraction of sp³-hybridized carbons (Fsp3) is 0.706. The molecule has 1 fully saturated rings. The van der Waals surface area contributed by atoms with Crippen molar-refractivity contribution in [2.75, 3.05) is 50.7 Å². The largest absolute Gasteiger partial charge is 0.354 e. The second-order valence-corrected chi connectivity index (χ2v) is 6.30. The number of anilines is 1. The zero-order valence-electron chi connectivity index (χ0n) is 13.6. The second-order valence-electron chi connectivity index (χ2n) is 6.30. The lowest BCUT2D eigenvalue weighted by atomic mass is 10.1. The van der Waals surface area contributed by atoms with E-state index in [2.05, 4.69) is 46.1 Å². The smallest absolute Gasteiger partial charge is 0.128 e. The van der Waals surface area contributed by atoms with E-state index in [0.29, 0.717) is 0 Å². The van der Waals surface area contributed by atoms with Gasteiger partial charge in [-0.3, -0.25) is 4.90 Å². The predicted molar refractivity (Wildman–Crippen MR) is 89.8 cm³/mol. The summed E-state index contributed by atoms with van der Waals surface area (Å²) in [4.78, 5) is 9.36. The van der Waals surface area contributed by atoms with Crippen LogP contribution in [0.5, 0.6) is 0 Å². The van der Waals surface area contributed by atoms with Crippen molar-refractivity contribution >= 4 is 5.82 Å². The van der Waals surface area contributed by atoms with Crippen molar-refractivity contribution in [2.24, 2.45) is 5.92 Å². The van der Waals surface area contributed by atoms with Crippen LogP contribution in [0.15, 0.2) is 24.4 Å². The number of hydrogen-bond acceptors (Lipinski definition) is 4. The summed E-state index contributed by atoms with van der Waals surface area (Å²) in [5, 5.41) is 3.56. The standard InChI is InChI=1S/C17H30N4/c1-16(2)6-5-8-18-10-11-20-12-14-21(15-13-20)17-7-3-4-9-19-17/h3-4,7,9,16,18H,5-6,8,10-15H2,1-2H3. The number of piperazine rings is 1. The van der Waals surface area contributed by atoms with Gasteiger partial charge in [0.1, 0.15) is 5.82 Å². The molecule has 4 heteroatoms. The van der Waals surface area contributed by atoms with Crippen molar-refractivity contribution < 1.29 is 0 Å². The molecule has 0 saturated carbocycles. The molecule has 118 valence electrons. The molecule has 1 aliphatic rings. The molecule has 2 heterocycles. The zero-order chi connectivity index (χ0) is 14.9. The van der Waals surface area contributed by atoms with E-state index in [-0.39, 0.29) is 0 Å². The minimum atomic E-state index is 0.825. The Kier molecular flexibility index (Phi) is 6.96. The Morgan fingerprint density at radius 3 is 2.62 bits per heavy atom. The Balaban J connectivity index is 1.55. The second kappa shape index (κ2) is 9.00. The van der Waals surface area contributed by atoms with E-state index >= 15 is 0 Å². The third kappa shape index (κ3) is 6.02. The van der Waals surface area contributed by atoms with Crippen LogP contribution in [0.4, 0.5) is 5.82 Å². The van der Waals surface area contributed by atoms with Gasteiger partial charge in [0, 0.05) is 45.5 Å². The molecule has 0 spiro atoms. The van der Waals surface area contributed by atoms with Crippen molar-refractivity contribution in [1.29, 1.82) is 0 Å². The molecule has 1 saturated heterocycles. The first kappa shape index (κ1) is 16.2. The summed E-state index contributed by atoms with van der Waals surface area (Å²) in [6.45, 7) is 12.5. The molecule has 4 nitrogen and oxygen atoms in total. The maximum Gasteiger partial charge on any atom is 0.128 e. The van der Waals surface area contributed by atoms with Crippen molar-refractivity contribution in [2.45, 2.75) is 26.7 Å². The van der Waals surface area contributed by atoms with Gasteiger partial charge in [-0.1, -0.05) is 19.9 Å². The van der Waals surface area contributed by atoms with E-state index in [1.807, 2.05) is 12.3 Å². The first-order chi connectivity index (χ1) is 10.3. The molecule has 0 amide bonds. The van der Waals surface area contributed by atoms with Gasteiger partial charge in [0.25, 0.3) is 0 Å². The van der Waals surface area contributed by atoms with Crippen molar-refractivity contribution in [3.05, 3.63) is 24.4 Å². The monoisotopic (exact) mass is 290 g/mol. The van der Waals surface area contributed by atoms with E-state index in [1.165, 1.54) is 12.8 Å². The SMILES string of the molecule is CC(C)CCCNCCN1CCN(c2ccccn2)CC1. The fourth-order valence-electron chi connectivity index (χ4n) is 2.74. The summed E-state index contributed by atoms with van der Waals surface area (Å²) in [6.07, 6.45) is 4.50. The Morgan fingerprint density at radius 1 is 1.14 bits per heavy atom. The lowest BCUT2D eigenvalue weighted by Gasteiger charge is -2.35. The van der Waals surface area contributed by atoms with Gasteiger partial charge >= 0.3 is 0 Å². The third-order valence-corrected chi connectivity index (χ3v) is 4.09. The first-order valence-electron chi connectivity index (χ1n) is 8.35. The summed E-state index contributed by atoms with van der Waals surface area (Å²) >= 11 is 0. The zero-order valence-corrected chi connectivity index (χ0v) is 13.6. The Labute approximate surface area is 129 Å². The van der Waals surface area contributed by atoms with E-state index in [0.717, 1.165) is 57.5 Å². The molecule has 21 heavy (non-hydrogen) atoms. The average molecular weight is 290 g/mol. The highest BCUT2D eigenvalue weighted by atomic mass is 15.3. The number of pyridine rings is 1. The first-order valence-corrected chi connectivity index (χ1v) is 8.35. The molecule has 1 N–H and O–H groups in total. The van der Waals surface area contributed by atoms with Gasteiger partial charge in [-0.25, -0.2) is 4.98 Å². The quantitative estimate of drug-likeness (QED) is 0.744. The lowest BCUT2D eigenvalue weighted by molar-refractivity contribution is 0.257. The van der Waals surface area contributed by atoms with Crippen molar-refractivity contribution in [1.82, 2.24) is 15.2 Å². The summed E-state index contributed by atoms with van der Waals surface area (Å²) in [7, 11) is 0. The molecule has 2 rings (SSSR count). The molecule has 1 aliphatic heterocycles. The van der Waals surface area contributed by atoms with E-state index in [9.17, 15) is 0 Å². The molecule has 0 aliphatic carbocycles. The molecular weight excluding hydrogens is 260 g/mol. The molecule has 1 aromatic heterocycles. The molecular formula is C17H30N4. The fourth-order valence-corrected chi connectivity index (χ4v) is 2.74. The normalized spacial score (nSPS) is 16.6. The highest BCUT2D eigenvalue weighted by Crippen LogP contribution is 2.12. The highest BCUT2D eigenvalue weighted by molar-refractivity contribution is 5.38. The maximum absolute atomic E-state index is 4.43. The van der Waals surface area contributed by atoms with Crippen LogP contribution in [0.1, 0.15) is 26.7 Å². The van der Waals surface area contributed by atoms with Crippen LogP contribution in [0.3, 0.4) is 0 Å². The average Bonchev–Trinajstić information content (AvgIpc) is 2.52. The molecule has 1 aromatic rings. The van der Waals surface area contributed by atoms with Crippen molar-refractivity contribution in [3.63, 3.8) is 0 Å². The molecule has 0 bridgehead atoms. The van der Waals surface area contributed by atoms with Crippen LogP contribution in [-0.2, 0) is 0 Å². The van der Waals surface area contributed by atoms with E-state index in [4.69, 9.17) is 0 Å². The molecule has 0 unspecified atom stereocenters. The highest BCUT2D eigenvalue weighted by Gasteiger charge is 2.16. The Hall–Kier alpha value is -1.13. The maximum atomic E-state index is 4.43. The predicted octanol–water partition coefficient (Wildman–Crippen LogP) is 2.23. The minimum absolute atomic E-state index is 0.825. The van der Waals surface area contributed by atoms with Gasteiger partial charge in [-0.15, -0.1) is 0 Å². The number of hydrogen-bond donors (Lipinski definition) is 1. The topological polar surface area (TPSA) is 31.4 Å². The van der Waals surface area contributed by atoms with Crippen molar-refractivity contribution in [3.8, 4) is 0 Å². The van der Waals surface area contributed by atoms with Gasteiger partial charge in [0.05, 0.1) is 0 Å². The Morgan fingerprint density at radius 2 is 1.95 bits per heavy atom. The lowest BCUT2D eigenvalue weighted by Crippen LogP contribution is -2.48. The van der Waals surface area contributed by atoms with Crippen LogP contribution < -0.4 is 10.2 Å². The molecule has 0 atom stereocenters.